The van der Waals surface area contributed by atoms with E-state index in [1.54, 1.807) is 6.92 Å². The number of rotatable bonds is 40. The summed E-state index contributed by atoms with van der Waals surface area (Å²) in [4.78, 5) is 25.2. The Balaban J connectivity index is 4.02. The van der Waals surface area contributed by atoms with Crippen LogP contribution in [0.15, 0.2) is 0 Å². The molecule has 0 saturated heterocycles. The third-order valence-corrected chi connectivity index (χ3v) is 10.7. The molecular formula is C46H92NO5+. The molecule has 6 heteroatoms. The SMILES string of the molecule is CCCCCCCCCCCCCCCCCC(=O)OC(C)C[N+](C)(CC(C)O)CC(C)OC(=O)CCCCCCCCCCCCCCCCC. The molecule has 0 saturated carbocycles. The summed E-state index contributed by atoms with van der Waals surface area (Å²) < 4.78 is 12.1. The number of aliphatic hydroxyl groups excluding tert-OH is 1. The van der Waals surface area contributed by atoms with Crippen molar-refractivity contribution in [3.05, 3.63) is 0 Å². The van der Waals surface area contributed by atoms with Gasteiger partial charge in [0.15, 0.2) is 0 Å². The molecule has 0 aliphatic heterocycles. The van der Waals surface area contributed by atoms with Crippen LogP contribution in [-0.2, 0) is 19.1 Å². The number of aliphatic hydroxyl groups is 1. The second-order valence-electron chi connectivity index (χ2n) is 17.0. The second-order valence-corrected chi connectivity index (χ2v) is 17.0. The third-order valence-electron chi connectivity index (χ3n) is 10.7. The standard InChI is InChI=1S/C46H92NO5/c1-7-9-11-13-15-17-19-21-23-25-27-29-31-33-35-37-45(49)51-43(4)40-47(6,39-42(3)48)41-44(5)52-46(50)38-36-34-32-30-28-26-24-22-20-18-16-14-12-10-8-2/h42-44,48H,7-41H2,1-6H3/q+1. The lowest BCUT2D eigenvalue weighted by Crippen LogP contribution is -2.55. The summed E-state index contributed by atoms with van der Waals surface area (Å²) in [5.41, 5.74) is 0. The first kappa shape index (κ1) is 50.9. The first-order valence-corrected chi connectivity index (χ1v) is 23.0. The molecule has 0 aliphatic rings. The number of nitrogens with zero attached hydrogens (tertiary/aromatic N) is 1. The second kappa shape index (κ2) is 36.8. The molecule has 0 rings (SSSR count). The van der Waals surface area contributed by atoms with Gasteiger partial charge in [0, 0.05) is 12.8 Å². The number of unbranched alkanes of at least 4 members (excludes halogenated alkanes) is 28. The fourth-order valence-electron chi connectivity index (χ4n) is 8.03. The Labute approximate surface area is 324 Å². The molecule has 3 unspecified atom stereocenters. The maximum absolute atomic E-state index is 12.6. The zero-order valence-corrected chi connectivity index (χ0v) is 36.0. The van der Waals surface area contributed by atoms with E-state index >= 15 is 0 Å². The Kier molecular flexibility index (Phi) is 36.0. The van der Waals surface area contributed by atoms with Gasteiger partial charge in [-0.05, 0) is 33.6 Å². The highest BCUT2D eigenvalue weighted by Crippen LogP contribution is 2.17. The lowest BCUT2D eigenvalue weighted by molar-refractivity contribution is -0.917. The molecule has 1 N–H and O–H groups in total. The van der Waals surface area contributed by atoms with Crippen molar-refractivity contribution >= 4 is 11.9 Å². The van der Waals surface area contributed by atoms with Crippen molar-refractivity contribution in [3.8, 4) is 0 Å². The van der Waals surface area contributed by atoms with E-state index in [2.05, 4.69) is 20.9 Å². The zero-order chi connectivity index (χ0) is 38.5. The van der Waals surface area contributed by atoms with Crippen LogP contribution in [0.4, 0.5) is 0 Å². The molecule has 52 heavy (non-hydrogen) atoms. The molecule has 0 spiro atoms. The van der Waals surface area contributed by atoms with Crippen LogP contribution >= 0.6 is 0 Å². The molecule has 0 bridgehead atoms. The topological polar surface area (TPSA) is 72.8 Å². The third kappa shape index (κ3) is 35.9. The van der Waals surface area contributed by atoms with Crippen molar-refractivity contribution in [2.75, 3.05) is 26.7 Å². The van der Waals surface area contributed by atoms with Gasteiger partial charge in [-0.2, -0.15) is 0 Å². The van der Waals surface area contributed by atoms with Crippen LogP contribution in [0.25, 0.3) is 0 Å². The number of hydrogen-bond donors (Lipinski definition) is 1. The minimum absolute atomic E-state index is 0.131. The van der Waals surface area contributed by atoms with Crippen molar-refractivity contribution in [1.29, 1.82) is 0 Å². The van der Waals surface area contributed by atoms with Crippen molar-refractivity contribution in [3.63, 3.8) is 0 Å². The van der Waals surface area contributed by atoms with E-state index in [9.17, 15) is 14.7 Å². The van der Waals surface area contributed by atoms with Crippen LogP contribution in [-0.4, -0.2) is 66.5 Å². The Morgan fingerprint density at radius 1 is 0.423 bits per heavy atom. The molecule has 0 aliphatic carbocycles. The first-order valence-electron chi connectivity index (χ1n) is 23.0. The summed E-state index contributed by atoms with van der Waals surface area (Å²) in [5, 5.41) is 10.3. The smallest absolute Gasteiger partial charge is 0.306 e. The highest BCUT2D eigenvalue weighted by atomic mass is 16.5. The summed E-state index contributed by atoms with van der Waals surface area (Å²) in [6.07, 6.45) is 39.1. The van der Waals surface area contributed by atoms with Gasteiger partial charge in [-0.3, -0.25) is 9.59 Å². The maximum atomic E-state index is 12.6. The molecule has 310 valence electrons. The van der Waals surface area contributed by atoms with Gasteiger partial charge in [-0.15, -0.1) is 0 Å². The van der Waals surface area contributed by atoms with Gasteiger partial charge in [0.2, 0.25) is 0 Å². The summed E-state index contributed by atoms with van der Waals surface area (Å²) in [5.74, 6) is -0.262. The Bertz CT molecular complexity index is 731. The van der Waals surface area contributed by atoms with Crippen molar-refractivity contribution in [2.24, 2.45) is 0 Å². The predicted molar refractivity (Wildman–Crippen MR) is 223 cm³/mol. The molecule has 0 aromatic carbocycles. The molecule has 3 atom stereocenters. The molecule has 0 heterocycles. The van der Waals surface area contributed by atoms with Crippen molar-refractivity contribution < 1.29 is 28.7 Å². The zero-order valence-electron chi connectivity index (χ0n) is 36.0. The van der Waals surface area contributed by atoms with Crippen LogP contribution in [0, 0.1) is 0 Å². The van der Waals surface area contributed by atoms with Crippen molar-refractivity contribution in [2.45, 2.75) is 258 Å². The highest BCUT2D eigenvalue weighted by molar-refractivity contribution is 5.69. The average Bonchev–Trinajstić information content (AvgIpc) is 3.07. The minimum Gasteiger partial charge on any atom is -0.457 e. The molecular weight excluding hydrogens is 647 g/mol. The van der Waals surface area contributed by atoms with Gasteiger partial charge in [-0.1, -0.05) is 194 Å². The predicted octanol–water partition coefficient (Wildman–Crippen LogP) is 13.2. The molecule has 6 nitrogen and oxygen atoms in total. The Morgan fingerprint density at radius 2 is 0.654 bits per heavy atom. The van der Waals surface area contributed by atoms with E-state index in [4.69, 9.17) is 9.47 Å². The fourth-order valence-corrected chi connectivity index (χ4v) is 8.03. The van der Waals surface area contributed by atoms with Gasteiger partial charge in [0.1, 0.15) is 37.9 Å². The van der Waals surface area contributed by atoms with Gasteiger partial charge in [0.25, 0.3) is 0 Å². The van der Waals surface area contributed by atoms with Gasteiger partial charge in [0.05, 0.1) is 7.05 Å². The van der Waals surface area contributed by atoms with E-state index in [-0.39, 0.29) is 24.1 Å². The molecule has 0 aromatic heterocycles. The number of likely N-dealkylation sites (N-methyl/N-ethyl adjacent to an activating group) is 1. The highest BCUT2D eigenvalue weighted by Gasteiger charge is 2.31. The number of carbonyl (C=O) groups is 2. The van der Waals surface area contributed by atoms with Crippen LogP contribution < -0.4 is 0 Å². The monoisotopic (exact) mass is 739 g/mol. The largest absolute Gasteiger partial charge is 0.457 e. The fraction of sp³-hybridized carbons (Fsp3) is 0.957. The first-order chi connectivity index (χ1) is 25.1. The number of hydrogen-bond acceptors (Lipinski definition) is 5. The maximum Gasteiger partial charge on any atom is 0.306 e. The number of carbonyl (C=O) groups excluding carboxylic acids is 2. The number of ether oxygens (including phenoxy) is 2. The van der Waals surface area contributed by atoms with E-state index in [1.165, 1.54) is 167 Å². The lowest BCUT2D eigenvalue weighted by atomic mass is 10.0. The van der Waals surface area contributed by atoms with E-state index in [1.807, 2.05) is 13.8 Å². The van der Waals surface area contributed by atoms with E-state index in [0.717, 1.165) is 25.7 Å². The Morgan fingerprint density at radius 3 is 0.885 bits per heavy atom. The Hall–Kier alpha value is -1.14. The van der Waals surface area contributed by atoms with Gasteiger partial charge >= 0.3 is 11.9 Å². The average molecular weight is 739 g/mol. The van der Waals surface area contributed by atoms with Crippen molar-refractivity contribution in [1.82, 2.24) is 0 Å². The summed E-state index contributed by atoms with van der Waals surface area (Å²) in [6, 6.07) is 0. The number of esters is 2. The van der Waals surface area contributed by atoms with Gasteiger partial charge in [-0.25, -0.2) is 0 Å². The van der Waals surface area contributed by atoms with Crippen LogP contribution in [0.5, 0.6) is 0 Å². The molecule has 0 radical (unpaired) electrons. The summed E-state index contributed by atoms with van der Waals surface area (Å²) in [7, 11) is 2.06. The molecule has 0 amide bonds. The number of quaternary nitrogens is 1. The van der Waals surface area contributed by atoms with Crippen LogP contribution in [0.3, 0.4) is 0 Å². The normalized spacial score (nSPS) is 14.5. The van der Waals surface area contributed by atoms with Gasteiger partial charge < -0.3 is 19.1 Å². The lowest BCUT2D eigenvalue weighted by Gasteiger charge is -2.38. The van der Waals surface area contributed by atoms with Crippen LogP contribution in [0.2, 0.25) is 0 Å². The van der Waals surface area contributed by atoms with E-state index < -0.39 is 6.10 Å². The van der Waals surface area contributed by atoms with E-state index in [0.29, 0.717) is 37.0 Å². The summed E-state index contributed by atoms with van der Waals surface area (Å²) in [6.45, 7) is 11.9. The van der Waals surface area contributed by atoms with Crippen LogP contribution in [0.1, 0.15) is 240 Å². The molecule has 0 aromatic rings. The quantitative estimate of drug-likeness (QED) is 0.0385. The minimum atomic E-state index is -0.503. The summed E-state index contributed by atoms with van der Waals surface area (Å²) >= 11 is 0. The molecule has 0 fully saturated rings.